The van der Waals surface area contributed by atoms with Crippen LogP contribution in [0.5, 0.6) is 0 Å². The molecule has 0 bridgehead atoms. The molecule has 116 valence electrons. The van der Waals surface area contributed by atoms with Gasteiger partial charge in [0.05, 0.1) is 10.2 Å². The second kappa shape index (κ2) is 5.49. The van der Waals surface area contributed by atoms with Crippen LogP contribution in [-0.2, 0) is 19.4 Å². The molecule has 3 heterocycles. The van der Waals surface area contributed by atoms with Crippen LogP contribution in [0.15, 0.2) is 10.7 Å². The third-order valence-corrected chi connectivity index (χ3v) is 5.29. The van der Waals surface area contributed by atoms with E-state index in [1.165, 1.54) is 0 Å². The smallest absolute Gasteiger partial charge is 0.253 e. The number of nitrogens with zero attached hydrogens (tertiary/aromatic N) is 4. The van der Waals surface area contributed by atoms with Crippen molar-refractivity contribution in [3.05, 3.63) is 27.8 Å². The first-order valence-electron chi connectivity index (χ1n) is 7.62. The molecule has 0 radical (unpaired) electrons. The molecule has 0 saturated heterocycles. The van der Waals surface area contributed by atoms with Gasteiger partial charge in [0.25, 0.3) is 5.91 Å². The van der Waals surface area contributed by atoms with Crippen LogP contribution in [0.2, 0.25) is 0 Å². The number of halogens is 1. The highest BCUT2D eigenvalue weighted by Crippen LogP contribution is 2.31. The van der Waals surface area contributed by atoms with Gasteiger partial charge in [-0.1, -0.05) is 5.21 Å². The van der Waals surface area contributed by atoms with Crippen LogP contribution in [0.4, 0.5) is 0 Å². The average Bonchev–Trinajstić information content (AvgIpc) is 3.15. The van der Waals surface area contributed by atoms with Gasteiger partial charge in [-0.15, -0.1) is 10.2 Å². The van der Waals surface area contributed by atoms with Gasteiger partial charge in [0.2, 0.25) is 0 Å². The predicted octanol–water partition coefficient (Wildman–Crippen LogP) is 1.46. The third-order valence-electron chi connectivity index (χ3n) is 4.63. The Labute approximate surface area is 136 Å². The van der Waals surface area contributed by atoms with E-state index >= 15 is 0 Å². The van der Waals surface area contributed by atoms with E-state index in [0.29, 0.717) is 5.92 Å². The van der Waals surface area contributed by atoms with Crippen molar-refractivity contribution < 1.29 is 4.79 Å². The number of fused-ring (bicyclic) bond motifs is 1. The lowest BCUT2D eigenvalue weighted by atomic mass is 9.78. The number of rotatable bonds is 4. The predicted molar refractivity (Wildman–Crippen MR) is 82.3 cm³/mol. The van der Waals surface area contributed by atoms with E-state index in [2.05, 4.69) is 46.4 Å². The van der Waals surface area contributed by atoms with Crippen molar-refractivity contribution >= 4 is 21.8 Å². The second-order valence-electron chi connectivity index (χ2n) is 6.12. The van der Waals surface area contributed by atoms with Crippen molar-refractivity contribution in [2.24, 2.45) is 5.92 Å². The molecule has 0 aromatic carbocycles. The molecule has 0 atom stereocenters. The van der Waals surface area contributed by atoms with Gasteiger partial charge in [-0.2, -0.15) is 5.21 Å². The molecule has 2 aromatic heterocycles. The minimum absolute atomic E-state index is 0.0550. The van der Waals surface area contributed by atoms with Crippen LogP contribution in [0.3, 0.4) is 0 Å². The first kappa shape index (κ1) is 13.9. The Morgan fingerprint density at radius 3 is 3.14 bits per heavy atom. The van der Waals surface area contributed by atoms with Gasteiger partial charge < -0.3 is 9.88 Å². The highest BCUT2D eigenvalue weighted by atomic mass is 79.9. The van der Waals surface area contributed by atoms with E-state index in [0.717, 1.165) is 60.3 Å². The van der Waals surface area contributed by atoms with Crippen LogP contribution in [0, 0.1) is 5.92 Å². The molecule has 0 spiro atoms. The SMILES string of the molecule is O=C(NC1CC(Cc2nn[nH]n2)C1)c1cc(Br)n2c1CCC2. The van der Waals surface area contributed by atoms with Crippen molar-refractivity contribution in [2.45, 2.75) is 44.7 Å². The summed E-state index contributed by atoms with van der Waals surface area (Å²) in [6, 6.07) is 2.21. The maximum absolute atomic E-state index is 12.5. The van der Waals surface area contributed by atoms with Crippen molar-refractivity contribution in [3.63, 3.8) is 0 Å². The summed E-state index contributed by atoms with van der Waals surface area (Å²) in [5, 5.41) is 17.1. The summed E-state index contributed by atoms with van der Waals surface area (Å²) in [6.45, 7) is 0.999. The van der Waals surface area contributed by atoms with Gasteiger partial charge in [-0.3, -0.25) is 4.79 Å². The van der Waals surface area contributed by atoms with Gasteiger partial charge in [0.1, 0.15) is 0 Å². The van der Waals surface area contributed by atoms with E-state index in [4.69, 9.17) is 0 Å². The number of hydrogen-bond donors (Lipinski definition) is 2. The van der Waals surface area contributed by atoms with Gasteiger partial charge in [0, 0.05) is 24.7 Å². The lowest BCUT2D eigenvalue weighted by Crippen LogP contribution is -2.45. The number of hydrogen-bond acceptors (Lipinski definition) is 4. The van der Waals surface area contributed by atoms with Crippen LogP contribution in [-0.4, -0.2) is 37.1 Å². The van der Waals surface area contributed by atoms with Crippen LogP contribution < -0.4 is 5.32 Å². The Balaban J connectivity index is 1.33. The molecule has 4 rings (SSSR count). The number of amides is 1. The van der Waals surface area contributed by atoms with E-state index in [1.807, 2.05) is 6.07 Å². The van der Waals surface area contributed by atoms with Crippen LogP contribution >= 0.6 is 15.9 Å². The lowest BCUT2D eigenvalue weighted by Gasteiger charge is -2.35. The van der Waals surface area contributed by atoms with Gasteiger partial charge in [-0.05, 0) is 53.6 Å². The molecular weight excluding hydrogens is 348 g/mol. The second-order valence-corrected chi connectivity index (χ2v) is 6.94. The summed E-state index contributed by atoms with van der Waals surface area (Å²) in [5.41, 5.74) is 1.98. The monoisotopic (exact) mass is 364 g/mol. The van der Waals surface area contributed by atoms with Gasteiger partial charge in [0.15, 0.2) is 5.82 Å². The number of carbonyl (C=O) groups is 1. The molecular formula is C14H17BrN6O. The molecule has 0 unspecified atom stereocenters. The van der Waals surface area contributed by atoms with E-state index in [1.54, 1.807) is 0 Å². The molecule has 22 heavy (non-hydrogen) atoms. The number of H-pyrrole nitrogens is 1. The van der Waals surface area contributed by atoms with Gasteiger partial charge in [-0.25, -0.2) is 0 Å². The Kier molecular flexibility index (Phi) is 3.48. The number of aromatic nitrogens is 5. The third kappa shape index (κ3) is 2.45. The minimum Gasteiger partial charge on any atom is -0.349 e. The Morgan fingerprint density at radius 2 is 2.36 bits per heavy atom. The summed E-state index contributed by atoms with van der Waals surface area (Å²) in [7, 11) is 0. The molecule has 2 aliphatic rings. The molecule has 1 fully saturated rings. The zero-order valence-corrected chi connectivity index (χ0v) is 13.6. The molecule has 1 amide bonds. The van der Waals surface area contributed by atoms with Crippen molar-refractivity contribution in [3.8, 4) is 0 Å². The molecule has 1 aliphatic heterocycles. The molecule has 2 N–H and O–H groups in total. The molecule has 2 aromatic rings. The lowest BCUT2D eigenvalue weighted by molar-refractivity contribution is 0.0888. The van der Waals surface area contributed by atoms with E-state index in [-0.39, 0.29) is 11.9 Å². The van der Waals surface area contributed by atoms with Crippen LogP contribution in [0.25, 0.3) is 0 Å². The highest BCUT2D eigenvalue weighted by molar-refractivity contribution is 9.10. The summed E-state index contributed by atoms with van der Waals surface area (Å²) in [4.78, 5) is 12.5. The molecule has 8 heteroatoms. The molecule has 7 nitrogen and oxygen atoms in total. The van der Waals surface area contributed by atoms with Crippen molar-refractivity contribution in [1.29, 1.82) is 0 Å². The maximum atomic E-state index is 12.5. The largest absolute Gasteiger partial charge is 0.349 e. The summed E-state index contributed by atoms with van der Waals surface area (Å²) in [6.07, 6.45) is 4.90. The minimum atomic E-state index is 0.0550. The van der Waals surface area contributed by atoms with Crippen molar-refractivity contribution in [2.75, 3.05) is 0 Å². The molecule has 1 aliphatic carbocycles. The van der Waals surface area contributed by atoms with Crippen LogP contribution in [0.1, 0.15) is 41.1 Å². The van der Waals surface area contributed by atoms with E-state index < -0.39 is 0 Å². The molecule has 1 saturated carbocycles. The zero-order chi connectivity index (χ0) is 15.1. The number of nitrogens with one attached hydrogen (secondary N) is 2. The highest BCUT2D eigenvalue weighted by Gasteiger charge is 2.32. The van der Waals surface area contributed by atoms with E-state index in [9.17, 15) is 4.79 Å². The fourth-order valence-electron chi connectivity index (χ4n) is 3.48. The normalized spacial score (nSPS) is 23.1. The quantitative estimate of drug-likeness (QED) is 0.859. The standard InChI is InChI=1S/C14H17BrN6O/c15-12-7-10(11-2-1-3-21(11)12)14(22)16-9-4-8(5-9)6-13-17-19-20-18-13/h7-9H,1-6H2,(H,16,22)(H,17,18,19,20). The Hall–Kier alpha value is -1.70. The Bertz CT molecular complexity index is 689. The van der Waals surface area contributed by atoms with Gasteiger partial charge >= 0.3 is 0 Å². The van der Waals surface area contributed by atoms with Crippen molar-refractivity contribution in [1.82, 2.24) is 30.5 Å². The number of carbonyl (C=O) groups excluding carboxylic acids is 1. The average molecular weight is 365 g/mol. The first-order valence-corrected chi connectivity index (χ1v) is 8.41. The topological polar surface area (TPSA) is 88.5 Å². The Morgan fingerprint density at radius 1 is 1.50 bits per heavy atom. The fourth-order valence-corrected chi connectivity index (χ4v) is 4.10. The maximum Gasteiger partial charge on any atom is 0.253 e. The zero-order valence-electron chi connectivity index (χ0n) is 12.0. The summed E-state index contributed by atoms with van der Waals surface area (Å²) >= 11 is 3.54. The first-order chi connectivity index (χ1) is 10.7. The summed E-state index contributed by atoms with van der Waals surface area (Å²) in [5.74, 6) is 1.35. The fraction of sp³-hybridized carbons (Fsp3) is 0.571. The summed E-state index contributed by atoms with van der Waals surface area (Å²) < 4.78 is 3.20. The number of aromatic amines is 1. The number of tetrazole rings is 1.